The summed E-state index contributed by atoms with van der Waals surface area (Å²) in [7, 11) is 0. The lowest BCUT2D eigenvalue weighted by atomic mass is 9.99. The second-order valence-corrected chi connectivity index (χ2v) is 6.77. The fourth-order valence-electron chi connectivity index (χ4n) is 2.69. The van der Waals surface area contributed by atoms with Gasteiger partial charge in [-0.1, -0.05) is 6.08 Å². The first-order chi connectivity index (χ1) is 10.8. The number of aromatic nitrogens is 2. The molecule has 0 saturated carbocycles. The van der Waals surface area contributed by atoms with Crippen molar-refractivity contribution in [3.05, 3.63) is 30.1 Å². The van der Waals surface area contributed by atoms with E-state index in [1.165, 1.54) is 5.57 Å². The summed E-state index contributed by atoms with van der Waals surface area (Å²) >= 11 is 0. The van der Waals surface area contributed by atoms with E-state index < -0.39 is 5.60 Å². The van der Waals surface area contributed by atoms with E-state index in [0.29, 0.717) is 18.8 Å². The summed E-state index contributed by atoms with van der Waals surface area (Å²) < 4.78 is 5.41. The molecule has 1 aliphatic heterocycles. The molecule has 3 rings (SSSR count). The number of fused-ring (bicyclic) bond motifs is 1. The van der Waals surface area contributed by atoms with E-state index in [9.17, 15) is 4.79 Å². The average Bonchev–Trinajstić information content (AvgIpc) is 2.88. The fourth-order valence-corrected chi connectivity index (χ4v) is 2.69. The average molecular weight is 314 g/mol. The molecule has 6 heteroatoms. The van der Waals surface area contributed by atoms with Crippen LogP contribution in [0, 0.1) is 0 Å². The van der Waals surface area contributed by atoms with E-state index in [2.05, 4.69) is 16.0 Å². The molecule has 3 N–H and O–H groups in total. The van der Waals surface area contributed by atoms with Gasteiger partial charge in [-0.05, 0) is 38.8 Å². The summed E-state index contributed by atoms with van der Waals surface area (Å²) in [6.45, 7) is 6.81. The summed E-state index contributed by atoms with van der Waals surface area (Å²) in [5, 5.41) is 1.02. The number of amides is 1. The third kappa shape index (κ3) is 3.31. The number of carbonyl (C=O) groups excluding carboxylic acids is 1. The summed E-state index contributed by atoms with van der Waals surface area (Å²) in [4.78, 5) is 21.3. The maximum Gasteiger partial charge on any atom is 0.410 e. The Hall–Kier alpha value is -2.50. The van der Waals surface area contributed by atoms with Crippen molar-refractivity contribution in [1.82, 2.24) is 14.9 Å². The predicted molar refractivity (Wildman–Crippen MR) is 90.9 cm³/mol. The van der Waals surface area contributed by atoms with Crippen LogP contribution in [-0.2, 0) is 4.74 Å². The lowest BCUT2D eigenvalue weighted by Gasteiger charge is -2.29. The van der Waals surface area contributed by atoms with Crippen LogP contribution in [0.4, 0.5) is 10.5 Å². The van der Waals surface area contributed by atoms with E-state index in [4.69, 9.17) is 10.5 Å². The molecule has 0 spiro atoms. The number of hydrogen-bond acceptors (Lipinski definition) is 4. The van der Waals surface area contributed by atoms with Crippen molar-refractivity contribution < 1.29 is 9.53 Å². The van der Waals surface area contributed by atoms with E-state index in [1.807, 2.05) is 33.0 Å². The number of rotatable bonds is 1. The molecule has 0 fully saturated rings. The normalized spacial score (nSPS) is 15.6. The number of nitrogen functional groups attached to an aromatic ring is 1. The van der Waals surface area contributed by atoms with Gasteiger partial charge in [0.25, 0.3) is 0 Å². The van der Waals surface area contributed by atoms with Crippen molar-refractivity contribution in [3.63, 3.8) is 0 Å². The number of nitrogens with zero attached hydrogens (tertiary/aromatic N) is 2. The number of H-pyrrole nitrogens is 1. The first-order valence-electron chi connectivity index (χ1n) is 7.73. The van der Waals surface area contributed by atoms with Crippen molar-refractivity contribution in [1.29, 1.82) is 0 Å². The Morgan fingerprint density at radius 1 is 1.43 bits per heavy atom. The quantitative estimate of drug-likeness (QED) is 0.846. The third-order valence-electron chi connectivity index (χ3n) is 3.76. The fraction of sp³-hybridized carbons (Fsp3) is 0.412. The van der Waals surface area contributed by atoms with Crippen LogP contribution in [0.5, 0.6) is 0 Å². The van der Waals surface area contributed by atoms with Crippen LogP contribution in [0.3, 0.4) is 0 Å². The van der Waals surface area contributed by atoms with Crippen molar-refractivity contribution in [2.24, 2.45) is 0 Å². The zero-order valence-corrected chi connectivity index (χ0v) is 13.7. The lowest BCUT2D eigenvalue weighted by Crippen LogP contribution is -2.39. The molecule has 1 amide bonds. The minimum Gasteiger partial charge on any atom is -0.444 e. The van der Waals surface area contributed by atoms with Gasteiger partial charge < -0.3 is 20.4 Å². The van der Waals surface area contributed by atoms with Gasteiger partial charge in [-0.3, -0.25) is 0 Å². The Morgan fingerprint density at radius 2 is 2.22 bits per heavy atom. The highest BCUT2D eigenvalue weighted by Crippen LogP contribution is 2.29. The highest BCUT2D eigenvalue weighted by molar-refractivity contribution is 5.92. The number of anilines is 1. The topological polar surface area (TPSA) is 84.2 Å². The Labute approximate surface area is 135 Å². The van der Waals surface area contributed by atoms with Gasteiger partial charge in [-0.25, -0.2) is 9.78 Å². The van der Waals surface area contributed by atoms with Crippen molar-refractivity contribution in [3.8, 4) is 0 Å². The van der Waals surface area contributed by atoms with Gasteiger partial charge in [0.05, 0.1) is 11.9 Å². The Balaban J connectivity index is 1.78. The molecule has 0 aliphatic carbocycles. The standard InChI is InChI=1S/C17H22N4O2/c1-17(2,3)23-16(22)21-6-4-11(5-7-21)14-10-20-15-13(14)8-12(18)9-19-15/h4,8-10H,5-7,18H2,1-3H3,(H,19,20). The van der Waals surface area contributed by atoms with Gasteiger partial charge in [-0.15, -0.1) is 0 Å². The second-order valence-electron chi connectivity index (χ2n) is 6.77. The predicted octanol–water partition coefficient (Wildman–Crippen LogP) is 3.17. The number of nitrogens with two attached hydrogens (primary N) is 1. The molecule has 0 aromatic carbocycles. The SMILES string of the molecule is CC(C)(C)OC(=O)N1CC=C(c2c[nH]c3ncc(N)cc23)CC1. The van der Waals surface area contributed by atoms with Gasteiger partial charge in [0.15, 0.2) is 0 Å². The van der Waals surface area contributed by atoms with Crippen LogP contribution >= 0.6 is 0 Å². The Kier molecular flexibility index (Phi) is 3.75. The molecule has 23 heavy (non-hydrogen) atoms. The number of ether oxygens (including phenoxy) is 1. The van der Waals surface area contributed by atoms with Crippen LogP contribution < -0.4 is 5.73 Å². The minimum atomic E-state index is -0.471. The molecule has 2 aromatic heterocycles. The molecular weight excluding hydrogens is 292 g/mol. The van der Waals surface area contributed by atoms with E-state index in [0.717, 1.165) is 23.0 Å². The smallest absolute Gasteiger partial charge is 0.410 e. The first kappa shape index (κ1) is 15.4. The molecule has 0 saturated heterocycles. The molecule has 2 aromatic rings. The van der Waals surface area contributed by atoms with E-state index in [-0.39, 0.29) is 6.09 Å². The van der Waals surface area contributed by atoms with Crippen LogP contribution in [0.1, 0.15) is 32.8 Å². The van der Waals surface area contributed by atoms with Crippen LogP contribution in [-0.4, -0.2) is 39.7 Å². The molecule has 122 valence electrons. The van der Waals surface area contributed by atoms with E-state index >= 15 is 0 Å². The molecular formula is C17H22N4O2. The van der Waals surface area contributed by atoms with Crippen LogP contribution in [0.15, 0.2) is 24.5 Å². The number of nitrogens with one attached hydrogen (secondary N) is 1. The molecule has 1 aliphatic rings. The van der Waals surface area contributed by atoms with Crippen molar-refractivity contribution in [2.75, 3.05) is 18.8 Å². The zero-order valence-electron chi connectivity index (χ0n) is 13.7. The Morgan fingerprint density at radius 3 is 2.87 bits per heavy atom. The number of aromatic amines is 1. The third-order valence-corrected chi connectivity index (χ3v) is 3.76. The summed E-state index contributed by atoms with van der Waals surface area (Å²) in [6.07, 6.45) is 6.17. The van der Waals surface area contributed by atoms with Crippen LogP contribution in [0.25, 0.3) is 16.6 Å². The summed E-state index contributed by atoms with van der Waals surface area (Å²) in [5.41, 5.74) is 9.13. The number of carbonyl (C=O) groups is 1. The monoisotopic (exact) mass is 314 g/mol. The largest absolute Gasteiger partial charge is 0.444 e. The van der Waals surface area contributed by atoms with Gasteiger partial charge >= 0.3 is 6.09 Å². The van der Waals surface area contributed by atoms with Crippen LogP contribution in [0.2, 0.25) is 0 Å². The first-order valence-corrected chi connectivity index (χ1v) is 7.73. The second kappa shape index (κ2) is 5.61. The molecule has 0 bridgehead atoms. The highest BCUT2D eigenvalue weighted by Gasteiger charge is 2.24. The van der Waals surface area contributed by atoms with Gasteiger partial charge in [0, 0.05) is 30.2 Å². The molecule has 0 unspecified atom stereocenters. The van der Waals surface area contributed by atoms with Gasteiger partial charge in [0.2, 0.25) is 0 Å². The summed E-state index contributed by atoms with van der Waals surface area (Å²) in [5.74, 6) is 0. The number of pyridine rings is 1. The van der Waals surface area contributed by atoms with E-state index in [1.54, 1.807) is 11.1 Å². The van der Waals surface area contributed by atoms with Gasteiger partial charge in [0.1, 0.15) is 11.2 Å². The number of hydrogen-bond donors (Lipinski definition) is 2. The zero-order chi connectivity index (χ0) is 16.6. The maximum absolute atomic E-state index is 12.1. The van der Waals surface area contributed by atoms with Crippen molar-refractivity contribution in [2.45, 2.75) is 32.8 Å². The molecule has 0 atom stereocenters. The highest BCUT2D eigenvalue weighted by atomic mass is 16.6. The lowest BCUT2D eigenvalue weighted by molar-refractivity contribution is 0.0270. The van der Waals surface area contributed by atoms with Gasteiger partial charge in [-0.2, -0.15) is 0 Å². The summed E-state index contributed by atoms with van der Waals surface area (Å²) in [6, 6.07) is 1.93. The molecule has 0 radical (unpaired) electrons. The van der Waals surface area contributed by atoms with Crippen molar-refractivity contribution >= 4 is 28.4 Å². The Bertz CT molecular complexity index is 770. The molecule has 3 heterocycles. The maximum atomic E-state index is 12.1. The molecule has 6 nitrogen and oxygen atoms in total. The minimum absolute atomic E-state index is 0.266.